The fraction of sp³-hybridized carbons (Fsp3) is 0.667. The summed E-state index contributed by atoms with van der Waals surface area (Å²) in [5.74, 6) is 3.73. The van der Waals surface area contributed by atoms with Crippen LogP contribution in [0.5, 0.6) is 0 Å². The Bertz CT molecular complexity index is 90.4. The van der Waals surface area contributed by atoms with Gasteiger partial charge in [0.2, 0.25) is 0 Å². The minimum atomic E-state index is 0.767. The van der Waals surface area contributed by atoms with Crippen LogP contribution in [0.2, 0.25) is 0 Å². The maximum Gasteiger partial charge on any atom is 0.0223 e. The Balaban J connectivity index is 2.79. The highest BCUT2D eigenvalue weighted by Gasteiger charge is 1.79. The van der Waals surface area contributed by atoms with E-state index in [9.17, 15) is 0 Å². The van der Waals surface area contributed by atoms with Gasteiger partial charge in [-0.3, -0.25) is 0 Å². The van der Waals surface area contributed by atoms with Gasteiger partial charge in [-0.25, -0.2) is 0 Å². The molecule has 0 N–H and O–H groups in total. The first-order valence-corrected chi connectivity index (χ1v) is 4.17. The molecule has 0 spiro atoms. The Labute approximate surface area is 69.1 Å². The highest BCUT2D eigenvalue weighted by Crippen LogP contribution is 1.95. The highest BCUT2D eigenvalue weighted by atomic mass is 127. The van der Waals surface area contributed by atoms with Crippen LogP contribution in [0.25, 0.3) is 0 Å². The lowest BCUT2D eigenvalue weighted by Gasteiger charge is -1.85. The predicted molar refractivity (Wildman–Crippen MR) is 46.4 cm³/mol. The SMILES string of the molecule is ClCCCCC#CI. The normalized spacial score (nSPS) is 7.75. The number of unbranched alkanes of at least 4 members (excludes halogenated alkanes) is 2. The van der Waals surface area contributed by atoms with Crippen molar-refractivity contribution in [1.82, 2.24) is 0 Å². The van der Waals surface area contributed by atoms with Gasteiger partial charge in [-0.15, -0.1) is 11.6 Å². The first-order chi connectivity index (χ1) is 3.91. The molecule has 0 unspecified atom stereocenters. The second kappa shape index (κ2) is 7.58. The van der Waals surface area contributed by atoms with Crippen LogP contribution < -0.4 is 0 Å². The van der Waals surface area contributed by atoms with E-state index in [-0.39, 0.29) is 0 Å². The molecule has 0 bridgehead atoms. The van der Waals surface area contributed by atoms with Crippen molar-refractivity contribution in [1.29, 1.82) is 0 Å². The van der Waals surface area contributed by atoms with Gasteiger partial charge >= 0.3 is 0 Å². The second-order valence-corrected chi connectivity index (χ2v) is 2.33. The van der Waals surface area contributed by atoms with E-state index < -0.39 is 0 Å². The molecule has 0 fully saturated rings. The van der Waals surface area contributed by atoms with Gasteiger partial charge in [0.05, 0.1) is 0 Å². The number of alkyl halides is 1. The van der Waals surface area contributed by atoms with E-state index in [0.717, 1.165) is 25.1 Å². The molecule has 0 aromatic heterocycles. The quantitative estimate of drug-likeness (QED) is 0.309. The van der Waals surface area contributed by atoms with Crippen LogP contribution >= 0.6 is 34.2 Å². The molecule has 0 aromatic carbocycles. The molecule has 0 aliphatic carbocycles. The number of hydrogen-bond acceptors (Lipinski definition) is 0. The largest absolute Gasteiger partial charge is 0.127 e. The number of hydrogen-bond donors (Lipinski definition) is 0. The minimum Gasteiger partial charge on any atom is -0.127 e. The summed E-state index contributed by atoms with van der Waals surface area (Å²) in [5, 5.41) is 0. The van der Waals surface area contributed by atoms with Crippen molar-refractivity contribution < 1.29 is 0 Å². The molecule has 0 heterocycles. The molecule has 46 valence electrons. The molecule has 0 saturated carbocycles. The van der Waals surface area contributed by atoms with Crippen molar-refractivity contribution in [2.75, 3.05) is 5.88 Å². The zero-order valence-electron chi connectivity index (χ0n) is 4.58. The fourth-order valence-electron chi connectivity index (χ4n) is 0.355. The second-order valence-electron chi connectivity index (χ2n) is 1.42. The lowest BCUT2D eigenvalue weighted by Crippen LogP contribution is -1.73. The van der Waals surface area contributed by atoms with Gasteiger partial charge in [-0.1, -0.05) is 5.92 Å². The lowest BCUT2D eigenvalue weighted by molar-refractivity contribution is 0.834. The van der Waals surface area contributed by atoms with E-state index in [4.69, 9.17) is 11.6 Å². The molecule has 2 heteroatoms. The number of rotatable bonds is 3. The van der Waals surface area contributed by atoms with E-state index in [1.54, 1.807) is 0 Å². The van der Waals surface area contributed by atoms with E-state index in [0.29, 0.717) is 0 Å². The van der Waals surface area contributed by atoms with Crippen molar-refractivity contribution in [2.45, 2.75) is 19.3 Å². The molecule has 0 atom stereocenters. The van der Waals surface area contributed by atoms with Crippen molar-refractivity contribution in [3.63, 3.8) is 0 Å². The van der Waals surface area contributed by atoms with Crippen LogP contribution in [0.1, 0.15) is 19.3 Å². The highest BCUT2D eigenvalue weighted by molar-refractivity contribution is 14.1. The molecular weight excluding hydrogens is 234 g/mol. The third-order valence-corrected chi connectivity index (χ3v) is 1.40. The Hall–Kier alpha value is 0.580. The first kappa shape index (κ1) is 8.58. The summed E-state index contributed by atoms with van der Waals surface area (Å²) < 4.78 is 2.80. The Morgan fingerprint density at radius 2 is 2.12 bits per heavy atom. The third-order valence-electron chi connectivity index (χ3n) is 0.752. The molecule has 0 aromatic rings. The standard InChI is InChI=1S/C6H8ClI/c7-5-3-1-2-4-6-8/h1-3,5H2. The molecule has 0 radical (unpaired) electrons. The Kier molecular flexibility index (Phi) is 8.13. The van der Waals surface area contributed by atoms with Crippen LogP contribution in [0, 0.1) is 9.85 Å². The van der Waals surface area contributed by atoms with Crippen LogP contribution in [-0.2, 0) is 0 Å². The van der Waals surface area contributed by atoms with Crippen LogP contribution in [0.4, 0.5) is 0 Å². The Morgan fingerprint density at radius 3 is 2.62 bits per heavy atom. The zero-order valence-corrected chi connectivity index (χ0v) is 7.50. The fourth-order valence-corrected chi connectivity index (χ4v) is 0.814. The average molecular weight is 242 g/mol. The summed E-state index contributed by atoms with van der Waals surface area (Å²) in [7, 11) is 0. The predicted octanol–water partition coefficient (Wildman–Crippen LogP) is 2.79. The van der Waals surface area contributed by atoms with Crippen molar-refractivity contribution >= 4 is 34.2 Å². The van der Waals surface area contributed by atoms with Gasteiger partial charge in [0.25, 0.3) is 0 Å². The average Bonchev–Trinajstić information content (AvgIpc) is 1.81. The van der Waals surface area contributed by atoms with Gasteiger partial charge in [0, 0.05) is 34.9 Å². The summed E-state index contributed by atoms with van der Waals surface area (Å²) >= 11 is 7.48. The summed E-state index contributed by atoms with van der Waals surface area (Å²) in [6, 6.07) is 0. The summed E-state index contributed by atoms with van der Waals surface area (Å²) in [6.45, 7) is 0. The van der Waals surface area contributed by atoms with Gasteiger partial charge in [-0.2, -0.15) is 0 Å². The number of halogens is 2. The molecule has 0 nitrogen and oxygen atoms in total. The van der Waals surface area contributed by atoms with Crippen molar-refractivity contribution in [3.05, 3.63) is 0 Å². The molecule has 0 rings (SSSR count). The van der Waals surface area contributed by atoms with Crippen LogP contribution in [-0.4, -0.2) is 5.88 Å². The van der Waals surface area contributed by atoms with E-state index in [1.807, 2.05) is 22.6 Å². The molecule has 0 aliphatic heterocycles. The monoisotopic (exact) mass is 242 g/mol. The molecule has 0 amide bonds. The molecule has 0 aliphatic rings. The van der Waals surface area contributed by atoms with Crippen LogP contribution in [0.15, 0.2) is 0 Å². The summed E-state index contributed by atoms with van der Waals surface area (Å²) in [4.78, 5) is 0. The Morgan fingerprint density at radius 1 is 1.38 bits per heavy atom. The first-order valence-electron chi connectivity index (χ1n) is 2.56. The topological polar surface area (TPSA) is 0 Å². The third kappa shape index (κ3) is 6.58. The van der Waals surface area contributed by atoms with Gasteiger partial charge in [0.1, 0.15) is 0 Å². The van der Waals surface area contributed by atoms with Gasteiger partial charge in [0.15, 0.2) is 0 Å². The summed E-state index contributed by atoms with van der Waals surface area (Å²) in [5.41, 5.74) is 0. The lowest BCUT2D eigenvalue weighted by atomic mass is 10.3. The van der Waals surface area contributed by atoms with E-state index >= 15 is 0 Å². The van der Waals surface area contributed by atoms with Crippen LogP contribution in [0.3, 0.4) is 0 Å². The maximum atomic E-state index is 5.43. The van der Waals surface area contributed by atoms with Gasteiger partial charge < -0.3 is 0 Å². The van der Waals surface area contributed by atoms with E-state index in [2.05, 4.69) is 9.85 Å². The van der Waals surface area contributed by atoms with E-state index in [1.165, 1.54) is 0 Å². The molecule has 0 saturated heterocycles. The van der Waals surface area contributed by atoms with Crippen molar-refractivity contribution in [3.8, 4) is 9.85 Å². The molecular formula is C6H8ClI. The van der Waals surface area contributed by atoms with Gasteiger partial charge in [-0.05, 0) is 16.8 Å². The minimum absolute atomic E-state index is 0.767. The molecule has 8 heavy (non-hydrogen) atoms. The zero-order chi connectivity index (χ0) is 6.24. The van der Waals surface area contributed by atoms with Crippen molar-refractivity contribution in [2.24, 2.45) is 0 Å². The maximum absolute atomic E-state index is 5.43. The summed E-state index contributed by atoms with van der Waals surface area (Å²) in [6.07, 6.45) is 3.22. The smallest absolute Gasteiger partial charge is 0.0223 e.